The SMILES string of the molecule is C=CCOC(=O)N1CCC(/C(C2=C(C(=O)OC(=O)C(F)(F)F)N3C(=O)[C@@H](NC(=O)/C(=N\O)c4csc(N)n4)[C@H]3SC2)=C2/CCNC2=O)CC1. The van der Waals surface area contributed by atoms with Crippen LogP contribution in [0.5, 0.6) is 0 Å². The lowest BCUT2D eigenvalue weighted by Gasteiger charge is -2.50. The van der Waals surface area contributed by atoms with Gasteiger partial charge in [-0.2, -0.15) is 13.2 Å². The first-order chi connectivity index (χ1) is 23.3. The van der Waals surface area contributed by atoms with E-state index in [4.69, 9.17) is 10.5 Å². The number of carbonyl (C=O) groups is 6. The highest BCUT2D eigenvalue weighted by Gasteiger charge is 2.56. The van der Waals surface area contributed by atoms with Crippen LogP contribution in [0.2, 0.25) is 0 Å². The topological polar surface area (TPSA) is 223 Å². The van der Waals surface area contributed by atoms with Crippen LogP contribution in [0.4, 0.5) is 23.1 Å². The van der Waals surface area contributed by atoms with Crippen LogP contribution in [0.1, 0.15) is 25.0 Å². The summed E-state index contributed by atoms with van der Waals surface area (Å²) < 4.78 is 48.9. The third kappa shape index (κ3) is 7.12. The van der Waals surface area contributed by atoms with Crippen molar-refractivity contribution in [1.29, 1.82) is 0 Å². The maximum Gasteiger partial charge on any atom is 0.491 e. The Labute approximate surface area is 283 Å². The predicted molar refractivity (Wildman–Crippen MR) is 165 cm³/mol. The van der Waals surface area contributed by atoms with E-state index in [1.54, 1.807) is 0 Å². The number of nitrogen functional groups attached to an aromatic ring is 1. The molecule has 0 aliphatic carbocycles. The van der Waals surface area contributed by atoms with Gasteiger partial charge in [0.25, 0.3) is 11.8 Å². The lowest BCUT2D eigenvalue weighted by molar-refractivity contribution is -0.201. The minimum Gasteiger partial charge on any atom is -0.445 e. The summed E-state index contributed by atoms with van der Waals surface area (Å²) >= 11 is 1.98. The van der Waals surface area contributed by atoms with E-state index < -0.39 is 70.7 Å². The number of anilines is 1. The molecular weight excluding hydrogens is 699 g/mol. The molecular formula is C28H28F3N7O9S2. The third-order valence-corrected chi connectivity index (χ3v) is 9.97. The Morgan fingerprint density at radius 2 is 1.96 bits per heavy atom. The molecule has 3 saturated heterocycles. The third-order valence-electron chi connectivity index (χ3n) is 8.02. The van der Waals surface area contributed by atoms with Crippen molar-refractivity contribution in [2.45, 2.75) is 36.9 Å². The monoisotopic (exact) mass is 727 g/mol. The van der Waals surface area contributed by atoms with Gasteiger partial charge in [-0.15, -0.1) is 23.1 Å². The average molecular weight is 728 g/mol. The number of thioether (sulfide) groups is 1. The minimum absolute atomic E-state index is 0.00893. The molecule has 5 heterocycles. The van der Waals surface area contributed by atoms with Crippen LogP contribution in [0.3, 0.4) is 0 Å². The van der Waals surface area contributed by atoms with Crippen molar-refractivity contribution < 1.29 is 56.6 Å². The van der Waals surface area contributed by atoms with E-state index >= 15 is 0 Å². The maximum absolute atomic E-state index is 13.6. The Morgan fingerprint density at radius 1 is 1.24 bits per heavy atom. The van der Waals surface area contributed by atoms with Gasteiger partial charge in [-0.05, 0) is 36.3 Å². The fraction of sp³-hybridized carbons (Fsp3) is 0.429. The molecule has 4 aliphatic heterocycles. The molecule has 4 amide bonds. The first kappa shape index (κ1) is 35.4. The van der Waals surface area contributed by atoms with Crippen LogP contribution in [-0.2, 0) is 33.4 Å². The summed E-state index contributed by atoms with van der Waals surface area (Å²) in [6.45, 7) is 4.06. The lowest BCUT2D eigenvalue weighted by Crippen LogP contribution is -2.71. The van der Waals surface area contributed by atoms with Crippen LogP contribution >= 0.6 is 23.1 Å². The molecule has 3 fully saturated rings. The molecule has 49 heavy (non-hydrogen) atoms. The van der Waals surface area contributed by atoms with Gasteiger partial charge in [-0.3, -0.25) is 19.3 Å². The molecule has 1 aromatic heterocycles. The molecule has 5 N–H and O–H groups in total. The number of likely N-dealkylation sites (tertiary alicyclic amines) is 1. The van der Waals surface area contributed by atoms with Crippen LogP contribution in [-0.4, -0.2) is 111 Å². The first-order valence-electron chi connectivity index (χ1n) is 14.6. The summed E-state index contributed by atoms with van der Waals surface area (Å²) in [6, 6.07) is -1.36. The van der Waals surface area contributed by atoms with Crippen molar-refractivity contribution >= 4 is 69.7 Å². The number of nitrogens with one attached hydrogen (secondary N) is 2. The van der Waals surface area contributed by atoms with Crippen LogP contribution in [0.15, 0.2) is 45.6 Å². The number of hydrogen-bond acceptors (Lipinski definition) is 14. The molecule has 0 bridgehead atoms. The number of allylic oxidation sites excluding steroid dienone is 1. The smallest absolute Gasteiger partial charge is 0.445 e. The van der Waals surface area contributed by atoms with Crippen molar-refractivity contribution in [2.75, 3.05) is 37.7 Å². The number of aromatic nitrogens is 1. The quantitative estimate of drug-likeness (QED) is 0.0431. The van der Waals surface area contributed by atoms with E-state index in [9.17, 15) is 47.1 Å². The van der Waals surface area contributed by atoms with Crippen LogP contribution in [0, 0.1) is 5.92 Å². The Bertz CT molecular complexity index is 1700. The van der Waals surface area contributed by atoms with Gasteiger partial charge in [-0.25, -0.2) is 19.4 Å². The van der Waals surface area contributed by atoms with E-state index in [-0.39, 0.29) is 73.2 Å². The first-order valence-corrected chi connectivity index (χ1v) is 16.5. The number of halogens is 3. The zero-order valence-electron chi connectivity index (χ0n) is 25.3. The number of amides is 4. The molecule has 1 aromatic rings. The number of piperidine rings is 1. The zero-order chi connectivity index (χ0) is 35.6. The van der Waals surface area contributed by atoms with E-state index in [0.717, 1.165) is 28.0 Å². The fourth-order valence-corrected chi connectivity index (χ4v) is 7.76. The van der Waals surface area contributed by atoms with Gasteiger partial charge in [0.1, 0.15) is 29.4 Å². The number of thiazole rings is 1. The van der Waals surface area contributed by atoms with Crippen molar-refractivity contribution in [3.63, 3.8) is 0 Å². The molecule has 4 aliphatic rings. The number of β-lactam (4-membered cyclic amide) rings is 1. The summed E-state index contributed by atoms with van der Waals surface area (Å²) in [5, 5.41) is 17.7. The van der Waals surface area contributed by atoms with Crippen molar-refractivity contribution in [1.82, 2.24) is 25.4 Å². The molecule has 16 nitrogen and oxygen atoms in total. The Morgan fingerprint density at radius 3 is 2.53 bits per heavy atom. The molecule has 0 radical (unpaired) electrons. The van der Waals surface area contributed by atoms with E-state index in [2.05, 4.69) is 32.1 Å². The number of fused-ring (bicyclic) bond motifs is 1. The molecule has 0 spiro atoms. The minimum atomic E-state index is -5.55. The van der Waals surface area contributed by atoms with Gasteiger partial charge in [0.15, 0.2) is 10.8 Å². The largest absolute Gasteiger partial charge is 0.491 e. The summed E-state index contributed by atoms with van der Waals surface area (Å²) in [7, 11) is 0. The highest BCUT2D eigenvalue weighted by atomic mass is 32.2. The fourth-order valence-electron chi connectivity index (χ4n) is 5.85. The number of alkyl halides is 3. The summed E-state index contributed by atoms with van der Waals surface area (Å²) in [6.07, 6.45) is -4.04. The highest BCUT2D eigenvalue weighted by Crippen LogP contribution is 2.46. The standard InChI is InChI=1S/C28H28F3N7O9S2/c1-2-9-46-27(44)37-7-4-12(5-8-37)16(13-3-6-33-20(13)39)14-10-48-23-18(35-21(40)17(36-45)15-11-49-26(32)34-15)22(41)38(23)19(14)24(42)47-25(43)28(29,30)31/h2,11-12,18,23,45H,1,3-10H2,(H2,32,34)(H,33,39)(H,35,40)/b16-13+,36-17-/t18-,23-/m1/s1. The van der Waals surface area contributed by atoms with Gasteiger partial charge in [0, 0.05) is 36.3 Å². The van der Waals surface area contributed by atoms with Crippen molar-refractivity contribution in [3.05, 3.63) is 46.1 Å². The molecule has 21 heteroatoms. The van der Waals surface area contributed by atoms with Crippen molar-refractivity contribution in [3.8, 4) is 0 Å². The normalized spacial score (nSPS) is 22.6. The number of ether oxygens (including phenoxy) is 2. The van der Waals surface area contributed by atoms with Gasteiger partial charge in [-0.1, -0.05) is 17.8 Å². The maximum atomic E-state index is 13.6. The Balaban J connectivity index is 1.49. The van der Waals surface area contributed by atoms with Gasteiger partial charge < -0.3 is 35.9 Å². The summed E-state index contributed by atoms with van der Waals surface area (Å²) in [5.74, 6) is -7.73. The number of nitrogens with two attached hydrogens (primary N) is 1. The molecule has 0 aromatic carbocycles. The predicted octanol–water partition coefficient (Wildman–Crippen LogP) is 1.04. The second-order valence-electron chi connectivity index (χ2n) is 10.9. The average Bonchev–Trinajstić information content (AvgIpc) is 3.69. The Hall–Kier alpha value is -4.92. The molecule has 262 valence electrons. The molecule has 2 atom stereocenters. The number of carbonyl (C=O) groups excluding carboxylic acids is 6. The molecule has 0 saturated carbocycles. The molecule has 0 unspecified atom stereocenters. The number of rotatable bonds is 8. The second-order valence-corrected chi connectivity index (χ2v) is 12.9. The molecule has 5 rings (SSSR count). The number of esters is 2. The number of nitrogens with zero attached hydrogens (tertiary/aromatic N) is 4. The second kappa shape index (κ2) is 14.3. The highest BCUT2D eigenvalue weighted by molar-refractivity contribution is 8.00. The zero-order valence-corrected chi connectivity index (χ0v) is 26.9. The number of oxime groups is 1. The number of hydrogen-bond donors (Lipinski definition) is 4. The van der Waals surface area contributed by atoms with Crippen LogP contribution < -0.4 is 16.4 Å². The van der Waals surface area contributed by atoms with E-state index in [1.807, 2.05) is 0 Å². The summed E-state index contributed by atoms with van der Waals surface area (Å²) in [5.41, 5.74) is 4.77. The Kier molecular flexibility index (Phi) is 10.3. The van der Waals surface area contributed by atoms with Gasteiger partial charge in [0.2, 0.25) is 5.91 Å². The van der Waals surface area contributed by atoms with Gasteiger partial charge in [0.05, 0.1) is 0 Å². The van der Waals surface area contributed by atoms with E-state index in [1.165, 1.54) is 16.4 Å². The summed E-state index contributed by atoms with van der Waals surface area (Å²) in [4.78, 5) is 83.3. The lowest BCUT2D eigenvalue weighted by atomic mass is 9.80. The van der Waals surface area contributed by atoms with E-state index in [0.29, 0.717) is 5.57 Å². The van der Waals surface area contributed by atoms with Gasteiger partial charge >= 0.3 is 24.2 Å². The van der Waals surface area contributed by atoms with Crippen molar-refractivity contribution in [2.24, 2.45) is 11.1 Å². The van der Waals surface area contributed by atoms with Crippen LogP contribution in [0.25, 0.3) is 0 Å².